The molecule has 0 bridgehead atoms. The van der Waals surface area contributed by atoms with E-state index in [1.54, 1.807) is 13.0 Å². The topological polar surface area (TPSA) is 27.7 Å². The average Bonchev–Trinajstić information content (AvgIpc) is 2.80. The first-order valence-electron chi connectivity index (χ1n) is 10.9. The first kappa shape index (κ1) is 27.7. The second-order valence-electron chi connectivity index (χ2n) is 11.7. The van der Waals surface area contributed by atoms with Crippen molar-refractivity contribution in [1.82, 2.24) is 0 Å². The fourth-order valence-corrected chi connectivity index (χ4v) is 4.66. The summed E-state index contributed by atoms with van der Waals surface area (Å²) in [6.45, 7) is 20.0. The van der Waals surface area contributed by atoms with E-state index in [-0.39, 0.29) is 15.6 Å². The Hall–Kier alpha value is -0.538. The monoisotopic (exact) mass is 492 g/mol. The molecule has 1 aliphatic rings. The standard InChI is InChI=1S/C23H37BClF3O3Si/c1-15-12-16(18(25)13-17(15)24-30-20(5,6)21(7,8)31-24)22(9,23(26,27)28)14-29-32(10,11)19(2,3)4/h12-13H,14H2,1-11H3/q-1. The van der Waals surface area contributed by atoms with Crippen LogP contribution in [0.5, 0.6) is 0 Å². The molecule has 1 saturated heterocycles. The third kappa shape index (κ3) is 4.95. The molecular formula is C23H37BClF3O3Si-. The third-order valence-corrected chi connectivity index (χ3v) is 12.4. The van der Waals surface area contributed by atoms with Crippen molar-refractivity contribution >= 4 is 32.5 Å². The van der Waals surface area contributed by atoms with Gasteiger partial charge >= 0.3 is 13.3 Å². The highest BCUT2D eigenvalue weighted by molar-refractivity contribution is 6.74. The molecule has 0 spiro atoms. The second kappa shape index (κ2) is 8.29. The van der Waals surface area contributed by atoms with Gasteiger partial charge < -0.3 is 13.7 Å². The molecule has 183 valence electrons. The number of alkyl halides is 3. The molecule has 0 saturated carbocycles. The van der Waals surface area contributed by atoms with Crippen molar-refractivity contribution in [2.24, 2.45) is 0 Å². The van der Waals surface area contributed by atoms with Gasteiger partial charge in [0.05, 0.1) is 11.2 Å². The lowest BCUT2D eigenvalue weighted by atomic mass is 9.73. The summed E-state index contributed by atoms with van der Waals surface area (Å²) in [6, 6.07) is 3.05. The van der Waals surface area contributed by atoms with E-state index < -0.39 is 44.8 Å². The Morgan fingerprint density at radius 1 is 1.00 bits per heavy atom. The molecule has 1 aliphatic heterocycles. The average molecular weight is 493 g/mol. The van der Waals surface area contributed by atoms with Crippen LogP contribution in [-0.4, -0.2) is 39.4 Å². The van der Waals surface area contributed by atoms with Crippen molar-refractivity contribution in [3.05, 3.63) is 28.3 Å². The fraction of sp³-hybridized carbons (Fsp3) is 0.739. The van der Waals surface area contributed by atoms with Crippen molar-refractivity contribution in [2.75, 3.05) is 6.61 Å². The Morgan fingerprint density at radius 3 is 1.88 bits per heavy atom. The lowest BCUT2D eigenvalue weighted by Gasteiger charge is -2.50. The molecule has 3 nitrogen and oxygen atoms in total. The van der Waals surface area contributed by atoms with Crippen molar-refractivity contribution in [2.45, 2.75) is 103 Å². The van der Waals surface area contributed by atoms with Crippen LogP contribution >= 0.6 is 11.6 Å². The minimum Gasteiger partial charge on any atom is -0.564 e. The third-order valence-electron chi connectivity index (χ3n) is 7.61. The van der Waals surface area contributed by atoms with E-state index in [9.17, 15) is 13.2 Å². The van der Waals surface area contributed by atoms with Gasteiger partial charge in [-0.25, -0.2) is 0 Å². The van der Waals surface area contributed by atoms with E-state index in [4.69, 9.17) is 25.3 Å². The minimum atomic E-state index is -4.54. The van der Waals surface area contributed by atoms with Crippen LogP contribution in [0.1, 0.15) is 66.5 Å². The van der Waals surface area contributed by atoms with Crippen molar-refractivity contribution in [1.29, 1.82) is 0 Å². The van der Waals surface area contributed by atoms with E-state index in [0.29, 0.717) is 11.0 Å². The SMILES string of the molecule is Cc1cc(C(C)(CO[Si-](C)(C)C(C)(C)C)C(F)(F)F)c(Cl)cc1B1OC(C)(C)C(C)(C)O1. The number of benzene rings is 1. The van der Waals surface area contributed by atoms with E-state index in [2.05, 4.69) is 0 Å². The predicted molar refractivity (Wildman–Crippen MR) is 128 cm³/mol. The Labute approximate surface area is 197 Å². The quantitative estimate of drug-likeness (QED) is 0.424. The first-order valence-corrected chi connectivity index (χ1v) is 14.2. The molecule has 9 heteroatoms. The molecule has 1 unspecified atom stereocenters. The molecule has 1 atom stereocenters. The molecule has 0 radical (unpaired) electrons. The summed E-state index contributed by atoms with van der Waals surface area (Å²) in [7, 11) is -3.11. The van der Waals surface area contributed by atoms with E-state index in [1.165, 1.54) is 6.07 Å². The Balaban J connectivity index is 2.48. The highest BCUT2D eigenvalue weighted by atomic mass is 35.5. The van der Waals surface area contributed by atoms with Gasteiger partial charge in [-0.05, 0) is 67.0 Å². The highest BCUT2D eigenvalue weighted by Crippen LogP contribution is 2.46. The molecule has 32 heavy (non-hydrogen) atoms. The van der Waals surface area contributed by atoms with Crippen LogP contribution < -0.4 is 5.46 Å². The van der Waals surface area contributed by atoms with Crippen molar-refractivity contribution in [3.8, 4) is 0 Å². The number of hydrogen-bond acceptors (Lipinski definition) is 3. The van der Waals surface area contributed by atoms with Crippen molar-refractivity contribution in [3.63, 3.8) is 0 Å². The molecule has 1 heterocycles. The fourth-order valence-electron chi connectivity index (χ4n) is 3.20. The molecular weight excluding hydrogens is 456 g/mol. The predicted octanol–water partition coefficient (Wildman–Crippen LogP) is 6.79. The largest absolute Gasteiger partial charge is 0.564 e. The second-order valence-corrected chi connectivity index (χ2v) is 16.9. The Kier molecular flexibility index (Phi) is 7.18. The summed E-state index contributed by atoms with van der Waals surface area (Å²) < 4.78 is 61.4. The summed E-state index contributed by atoms with van der Waals surface area (Å²) in [5, 5.41) is -0.182. The smallest absolute Gasteiger partial charge is 0.495 e. The maximum Gasteiger partial charge on any atom is 0.495 e. The van der Waals surface area contributed by atoms with Crippen LogP contribution in [0.2, 0.25) is 23.2 Å². The Bertz CT molecular complexity index is 849. The van der Waals surface area contributed by atoms with Gasteiger partial charge in [0, 0.05) is 11.6 Å². The summed E-state index contributed by atoms with van der Waals surface area (Å²) in [5.41, 5.74) is -2.11. The summed E-state index contributed by atoms with van der Waals surface area (Å²) in [5.74, 6) is 0. The zero-order chi connectivity index (χ0) is 25.1. The van der Waals surface area contributed by atoms with E-state index in [1.807, 2.05) is 61.6 Å². The van der Waals surface area contributed by atoms with Gasteiger partial charge in [-0.1, -0.05) is 44.0 Å². The molecule has 0 aromatic heterocycles. The summed E-state index contributed by atoms with van der Waals surface area (Å²) in [4.78, 5) is 0. The minimum absolute atomic E-state index is 0.00291. The zero-order valence-corrected chi connectivity index (χ0v) is 22.9. The Morgan fingerprint density at radius 2 is 1.47 bits per heavy atom. The molecule has 0 N–H and O–H groups in total. The summed E-state index contributed by atoms with van der Waals surface area (Å²) in [6.07, 6.45) is -4.54. The summed E-state index contributed by atoms with van der Waals surface area (Å²) >= 11 is 6.50. The van der Waals surface area contributed by atoms with Crippen LogP contribution in [0.25, 0.3) is 0 Å². The van der Waals surface area contributed by atoms with Gasteiger partial charge in [0.2, 0.25) is 0 Å². The first-order chi connectivity index (χ1) is 14.1. The molecule has 1 fully saturated rings. The van der Waals surface area contributed by atoms with Crippen LogP contribution in [0.3, 0.4) is 0 Å². The lowest BCUT2D eigenvalue weighted by molar-refractivity contribution is -0.194. The molecule has 1 aromatic carbocycles. The van der Waals surface area contributed by atoms with Gasteiger partial charge in [-0.2, -0.15) is 13.2 Å². The van der Waals surface area contributed by atoms with Gasteiger partial charge in [-0.15, -0.1) is 18.1 Å². The van der Waals surface area contributed by atoms with Crippen LogP contribution in [0.4, 0.5) is 13.2 Å². The molecule has 2 rings (SSSR count). The van der Waals surface area contributed by atoms with Gasteiger partial charge in [0.25, 0.3) is 0 Å². The van der Waals surface area contributed by atoms with Crippen molar-refractivity contribution < 1.29 is 26.9 Å². The molecule has 0 aliphatic carbocycles. The van der Waals surface area contributed by atoms with Crippen LogP contribution in [0.15, 0.2) is 12.1 Å². The maximum atomic E-state index is 14.4. The van der Waals surface area contributed by atoms with Crippen LogP contribution in [-0.2, 0) is 19.1 Å². The van der Waals surface area contributed by atoms with Gasteiger partial charge in [0.15, 0.2) is 0 Å². The lowest BCUT2D eigenvalue weighted by Crippen LogP contribution is -2.50. The van der Waals surface area contributed by atoms with Gasteiger partial charge in [0.1, 0.15) is 5.41 Å². The van der Waals surface area contributed by atoms with Gasteiger partial charge in [-0.3, -0.25) is 0 Å². The normalized spacial score (nSPS) is 21.0. The molecule has 1 aromatic rings. The number of halogens is 4. The number of hydrogen-bond donors (Lipinski definition) is 0. The molecule has 0 amide bonds. The maximum absolute atomic E-state index is 14.4. The highest BCUT2D eigenvalue weighted by Gasteiger charge is 2.55. The zero-order valence-electron chi connectivity index (χ0n) is 21.2. The van der Waals surface area contributed by atoms with E-state index >= 15 is 0 Å². The number of rotatable bonds is 5. The van der Waals surface area contributed by atoms with E-state index in [0.717, 1.165) is 6.92 Å². The van der Waals surface area contributed by atoms with Crippen LogP contribution in [0, 0.1) is 6.92 Å². The number of aryl methyl sites for hydroxylation is 1.